The fraction of sp³-hybridized carbons (Fsp3) is 0.174. The van der Waals surface area contributed by atoms with E-state index in [-0.39, 0.29) is 55.3 Å². The molecular weight excluding hydrogens is 487 g/mol. The Balaban J connectivity index is 0.00000181. The molecule has 0 aliphatic heterocycles. The zero-order valence-corrected chi connectivity index (χ0v) is 20.0. The van der Waals surface area contributed by atoms with Crippen molar-refractivity contribution >= 4 is 59.7 Å². The van der Waals surface area contributed by atoms with E-state index in [0.717, 1.165) is 11.1 Å². The van der Waals surface area contributed by atoms with Gasteiger partial charge in [0.1, 0.15) is 0 Å². The summed E-state index contributed by atoms with van der Waals surface area (Å²) >= 11 is 0. The van der Waals surface area contributed by atoms with Crippen molar-refractivity contribution in [2.45, 2.75) is 0 Å². The second kappa shape index (κ2) is 13.1. The lowest BCUT2D eigenvalue weighted by Gasteiger charge is -2.10. The summed E-state index contributed by atoms with van der Waals surface area (Å²) in [4.78, 5) is 30.4. The molecule has 1 amide bonds. The summed E-state index contributed by atoms with van der Waals surface area (Å²) in [7, 11) is 0. The summed E-state index contributed by atoms with van der Waals surface area (Å²) in [6.45, 7) is 1.45. The Morgan fingerprint density at radius 1 is 0.909 bits per heavy atom. The third kappa shape index (κ3) is 6.22. The van der Waals surface area contributed by atoms with Gasteiger partial charge >= 0.3 is 0 Å². The van der Waals surface area contributed by atoms with E-state index in [2.05, 4.69) is 15.6 Å². The van der Waals surface area contributed by atoms with Crippen molar-refractivity contribution in [3.63, 3.8) is 0 Å². The van der Waals surface area contributed by atoms with Crippen LogP contribution in [-0.4, -0.2) is 46.6 Å². The standard InChI is InChI=1S/C23H22N4O3.3ClH/c28-14-12-24-10-11-25-22(29)18-7-4-13-27-21(18)26-20-9-8-17(15-19(20)23(27)30)16-5-2-1-3-6-16;;;/h1-9,13,15,24,28H,10-12,14H2,(H,25,29);3*1H. The van der Waals surface area contributed by atoms with Crippen LogP contribution in [0.2, 0.25) is 0 Å². The molecule has 2 aromatic carbocycles. The van der Waals surface area contributed by atoms with Crippen molar-refractivity contribution < 1.29 is 9.90 Å². The number of fused-ring (bicyclic) bond motifs is 2. The zero-order valence-electron chi connectivity index (χ0n) is 17.6. The fourth-order valence-electron chi connectivity index (χ4n) is 3.38. The van der Waals surface area contributed by atoms with Gasteiger partial charge in [0.05, 0.1) is 23.1 Å². The van der Waals surface area contributed by atoms with Gasteiger partial charge in [-0.2, -0.15) is 0 Å². The Morgan fingerprint density at radius 2 is 1.67 bits per heavy atom. The highest BCUT2D eigenvalue weighted by atomic mass is 35.5. The van der Waals surface area contributed by atoms with Gasteiger partial charge in [-0.05, 0) is 35.4 Å². The van der Waals surface area contributed by atoms with Crippen molar-refractivity contribution in [1.29, 1.82) is 0 Å². The van der Waals surface area contributed by atoms with Gasteiger partial charge in [0.2, 0.25) is 0 Å². The SMILES string of the molecule is Cl.Cl.Cl.O=C(NCCNCCO)c1cccn2c(=O)c3cc(-c4ccccc4)ccc3nc12. The highest BCUT2D eigenvalue weighted by Crippen LogP contribution is 2.22. The maximum atomic E-state index is 13.1. The first-order chi connectivity index (χ1) is 14.7. The van der Waals surface area contributed by atoms with Crippen molar-refractivity contribution in [3.8, 4) is 11.1 Å². The number of nitrogens with zero attached hydrogens (tertiary/aromatic N) is 2. The first-order valence-electron chi connectivity index (χ1n) is 9.79. The first-order valence-corrected chi connectivity index (χ1v) is 9.79. The highest BCUT2D eigenvalue weighted by molar-refractivity contribution is 6.00. The lowest BCUT2D eigenvalue weighted by molar-refractivity contribution is 0.0955. The van der Waals surface area contributed by atoms with Gasteiger partial charge < -0.3 is 15.7 Å². The molecule has 4 aromatic rings. The quantitative estimate of drug-likeness (QED) is 0.262. The van der Waals surface area contributed by atoms with Crippen molar-refractivity contribution in [3.05, 3.63) is 82.8 Å². The largest absolute Gasteiger partial charge is 0.395 e. The van der Waals surface area contributed by atoms with Gasteiger partial charge in [0.25, 0.3) is 11.5 Å². The molecule has 0 fully saturated rings. The molecule has 0 aliphatic rings. The molecule has 0 spiro atoms. The summed E-state index contributed by atoms with van der Waals surface area (Å²) < 4.78 is 1.41. The van der Waals surface area contributed by atoms with Gasteiger partial charge in [-0.1, -0.05) is 36.4 Å². The molecule has 176 valence electrons. The van der Waals surface area contributed by atoms with Crippen molar-refractivity contribution in [2.75, 3.05) is 26.2 Å². The van der Waals surface area contributed by atoms with Gasteiger partial charge in [0, 0.05) is 25.8 Å². The van der Waals surface area contributed by atoms with Gasteiger partial charge in [0.15, 0.2) is 5.65 Å². The Labute approximate surface area is 209 Å². The van der Waals surface area contributed by atoms with Crippen LogP contribution in [0.1, 0.15) is 10.4 Å². The minimum absolute atomic E-state index is 0. The van der Waals surface area contributed by atoms with E-state index in [4.69, 9.17) is 5.11 Å². The number of aromatic nitrogens is 2. The average molecular weight is 512 g/mol. The molecule has 2 heterocycles. The van der Waals surface area contributed by atoms with Gasteiger partial charge in [-0.3, -0.25) is 14.0 Å². The van der Waals surface area contributed by atoms with Crippen molar-refractivity contribution in [1.82, 2.24) is 20.0 Å². The Hall–Kier alpha value is -2.68. The maximum absolute atomic E-state index is 13.1. The van der Waals surface area contributed by atoms with E-state index in [1.54, 1.807) is 18.3 Å². The summed E-state index contributed by atoms with van der Waals surface area (Å²) in [5.74, 6) is -0.300. The number of pyridine rings is 1. The van der Waals surface area contributed by atoms with E-state index in [0.29, 0.717) is 41.7 Å². The number of halogens is 3. The van der Waals surface area contributed by atoms with Gasteiger partial charge in [-0.15, -0.1) is 37.2 Å². The number of carbonyl (C=O) groups is 1. The zero-order chi connectivity index (χ0) is 20.9. The molecule has 0 atom stereocenters. The molecule has 4 rings (SSSR count). The Bertz CT molecular complexity index is 1270. The number of nitrogens with one attached hydrogen (secondary N) is 2. The first kappa shape index (κ1) is 28.4. The number of carbonyl (C=O) groups excluding carboxylic acids is 1. The number of hydrogen-bond acceptors (Lipinski definition) is 5. The van der Waals surface area contributed by atoms with E-state index >= 15 is 0 Å². The van der Waals surface area contributed by atoms with Crippen LogP contribution in [0.15, 0.2) is 71.7 Å². The highest BCUT2D eigenvalue weighted by Gasteiger charge is 2.14. The minimum atomic E-state index is -0.300. The second-order valence-electron chi connectivity index (χ2n) is 6.86. The smallest absolute Gasteiger partial charge is 0.265 e. The van der Waals surface area contributed by atoms with E-state index in [1.807, 2.05) is 48.5 Å². The third-order valence-corrected chi connectivity index (χ3v) is 4.87. The third-order valence-electron chi connectivity index (χ3n) is 4.87. The lowest BCUT2D eigenvalue weighted by Crippen LogP contribution is -2.33. The molecule has 0 bridgehead atoms. The number of aliphatic hydroxyl groups excluding tert-OH is 1. The van der Waals surface area contributed by atoms with Crippen LogP contribution >= 0.6 is 37.2 Å². The number of aliphatic hydroxyl groups is 1. The summed E-state index contributed by atoms with van der Waals surface area (Å²) in [6.07, 6.45) is 1.62. The molecule has 3 N–H and O–H groups in total. The lowest BCUT2D eigenvalue weighted by atomic mass is 10.0. The minimum Gasteiger partial charge on any atom is -0.395 e. The van der Waals surface area contributed by atoms with Crippen LogP contribution in [0.3, 0.4) is 0 Å². The predicted molar refractivity (Wildman–Crippen MR) is 138 cm³/mol. The molecule has 0 aliphatic carbocycles. The molecular formula is C23H25Cl3N4O3. The van der Waals surface area contributed by atoms with E-state index in [1.165, 1.54) is 4.40 Å². The van der Waals surface area contributed by atoms with E-state index in [9.17, 15) is 9.59 Å². The summed E-state index contributed by atoms with van der Waals surface area (Å²) in [5.41, 5.74) is 2.95. The molecule has 0 unspecified atom stereocenters. The normalized spacial score (nSPS) is 10.1. The van der Waals surface area contributed by atoms with Crippen LogP contribution in [0, 0.1) is 0 Å². The van der Waals surface area contributed by atoms with E-state index < -0.39 is 0 Å². The maximum Gasteiger partial charge on any atom is 0.265 e. The second-order valence-corrected chi connectivity index (χ2v) is 6.86. The monoisotopic (exact) mass is 510 g/mol. The van der Waals surface area contributed by atoms with Crippen LogP contribution < -0.4 is 16.2 Å². The molecule has 2 aromatic heterocycles. The fourth-order valence-corrected chi connectivity index (χ4v) is 3.38. The molecule has 0 radical (unpaired) electrons. The molecule has 0 saturated heterocycles. The number of rotatable bonds is 7. The van der Waals surface area contributed by atoms with Crippen LogP contribution in [-0.2, 0) is 0 Å². The summed E-state index contributed by atoms with van der Waals surface area (Å²) in [6, 6.07) is 18.7. The predicted octanol–water partition coefficient (Wildman–Crippen LogP) is 3.09. The van der Waals surface area contributed by atoms with Gasteiger partial charge in [-0.25, -0.2) is 4.98 Å². The van der Waals surface area contributed by atoms with Crippen LogP contribution in [0.25, 0.3) is 27.7 Å². The number of hydrogen-bond donors (Lipinski definition) is 3. The number of benzene rings is 2. The number of amides is 1. The van der Waals surface area contributed by atoms with Crippen LogP contribution in [0.4, 0.5) is 0 Å². The Morgan fingerprint density at radius 3 is 2.39 bits per heavy atom. The molecule has 0 saturated carbocycles. The molecule has 10 heteroatoms. The molecule has 33 heavy (non-hydrogen) atoms. The molecule has 7 nitrogen and oxygen atoms in total. The van der Waals surface area contributed by atoms with Crippen molar-refractivity contribution in [2.24, 2.45) is 0 Å². The summed E-state index contributed by atoms with van der Waals surface area (Å²) in [5, 5.41) is 15.1. The van der Waals surface area contributed by atoms with Crippen LogP contribution in [0.5, 0.6) is 0 Å². The average Bonchev–Trinajstić information content (AvgIpc) is 2.79. The Kier molecular flexibility index (Phi) is 11.3. The topological polar surface area (TPSA) is 95.7 Å².